The molecule has 2 rings (SSSR count). The molecule has 1 aliphatic carbocycles. The molecule has 0 aromatic rings. The molecule has 13 heavy (non-hydrogen) atoms. The van der Waals surface area contributed by atoms with Crippen LogP contribution in [0, 0.1) is 5.41 Å². The van der Waals surface area contributed by atoms with Crippen LogP contribution in [0.25, 0.3) is 0 Å². The highest BCUT2D eigenvalue weighted by Gasteiger charge is 2.47. The first kappa shape index (κ1) is 9.34. The molecule has 0 unspecified atom stereocenters. The number of aliphatic hydroxyl groups excluding tert-OH is 1. The lowest BCUT2D eigenvalue weighted by Crippen LogP contribution is -2.32. The van der Waals surface area contributed by atoms with Gasteiger partial charge >= 0.3 is 0 Å². The number of hydrogen-bond donors (Lipinski definition) is 1. The highest BCUT2D eigenvalue weighted by molar-refractivity contribution is 4.97. The van der Waals surface area contributed by atoms with Crippen LogP contribution in [-0.4, -0.2) is 42.2 Å². The first-order chi connectivity index (χ1) is 6.05. The molecule has 0 atom stereocenters. The minimum atomic E-state index is -2.49. The van der Waals surface area contributed by atoms with E-state index in [1.807, 2.05) is 0 Å². The molecule has 0 amide bonds. The van der Waals surface area contributed by atoms with Crippen molar-refractivity contribution in [1.82, 2.24) is 4.90 Å². The summed E-state index contributed by atoms with van der Waals surface area (Å²) < 4.78 is 25.6. The molecule has 76 valence electrons. The van der Waals surface area contributed by atoms with Crippen LogP contribution in [0.15, 0.2) is 0 Å². The number of nitrogens with zero attached hydrogens (tertiary/aromatic N) is 1. The monoisotopic (exact) mass is 191 g/mol. The number of halogens is 2. The van der Waals surface area contributed by atoms with Crippen molar-refractivity contribution >= 4 is 0 Å². The molecule has 2 nitrogen and oxygen atoms in total. The van der Waals surface area contributed by atoms with Gasteiger partial charge in [0.15, 0.2) is 0 Å². The Bertz CT molecular complexity index is 204. The molecular formula is C9H15F2NO. The minimum Gasteiger partial charge on any atom is -0.396 e. The van der Waals surface area contributed by atoms with Crippen LogP contribution >= 0.6 is 0 Å². The smallest absolute Gasteiger partial charge is 0.261 e. The highest BCUT2D eigenvalue weighted by atomic mass is 19.3. The molecule has 1 aliphatic heterocycles. The maximum atomic E-state index is 12.8. The Balaban J connectivity index is 1.84. The quantitative estimate of drug-likeness (QED) is 0.722. The Kier molecular flexibility index (Phi) is 2.07. The zero-order valence-corrected chi connectivity index (χ0v) is 7.60. The Morgan fingerprint density at radius 1 is 1.23 bits per heavy atom. The predicted octanol–water partition coefficient (Wildman–Crippen LogP) is 1.10. The second-order valence-electron chi connectivity index (χ2n) is 4.47. The molecule has 0 radical (unpaired) electrons. The second kappa shape index (κ2) is 2.89. The molecule has 0 bridgehead atoms. The molecule has 1 heterocycles. The summed E-state index contributed by atoms with van der Waals surface area (Å²) in [4.78, 5) is 1.78. The number of aliphatic hydroxyl groups is 1. The van der Waals surface area contributed by atoms with Gasteiger partial charge in [-0.15, -0.1) is 0 Å². The van der Waals surface area contributed by atoms with E-state index in [0.717, 1.165) is 12.8 Å². The summed E-state index contributed by atoms with van der Waals surface area (Å²) in [6, 6.07) is 0. The fourth-order valence-corrected chi connectivity index (χ4v) is 1.96. The molecule has 2 aliphatic rings. The lowest BCUT2D eigenvalue weighted by molar-refractivity contribution is 0.00910. The fourth-order valence-electron chi connectivity index (χ4n) is 1.96. The van der Waals surface area contributed by atoms with Crippen molar-refractivity contribution < 1.29 is 13.9 Å². The third-order valence-electron chi connectivity index (χ3n) is 3.10. The van der Waals surface area contributed by atoms with Gasteiger partial charge in [-0.25, -0.2) is 8.78 Å². The van der Waals surface area contributed by atoms with E-state index in [4.69, 9.17) is 5.11 Å². The summed E-state index contributed by atoms with van der Waals surface area (Å²) in [5, 5.41) is 9.03. The van der Waals surface area contributed by atoms with Crippen molar-refractivity contribution in [2.45, 2.75) is 25.2 Å². The van der Waals surface area contributed by atoms with Crippen LogP contribution in [0.5, 0.6) is 0 Å². The SMILES string of the molecule is OCC1(CN2CCC(F)(F)C2)CC1. The summed E-state index contributed by atoms with van der Waals surface area (Å²) in [5.74, 6) is -2.49. The Labute approximate surface area is 76.5 Å². The minimum absolute atomic E-state index is 0.0193. The zero-order valence-electron chi connectivity index (χ0n) is 7.60. The van der Waals surface area contributed by atoms with Crippen LogP contribution in [0.3, 0.4) is 0 Å². The van der Waals surface area contributed by atoms with Crippen LogP contribution in [0.4, 0.5) is 8.78 Å². The van der Waals surface area contributed by atoms with Gasteiger partial charge in [0, 0.05) is 31.5 Å². The van der Waals surface area contributed by atoms with Crippen molar-refractivity contribution in [1.29, 1.82) is 0 Å². The molecule has 4 heteroatoms. The van der Waals surface area contributed by atoms with Crippen molar-refractivity contribution in [2.24, 2.45) is 5.41 Å². The average Bonchev–Trinajstić information content (AvgIpc) is 2.74. The molecule has 0 spiro atoms. The van der Waals surface area contributed by atoms with Gasteiger partial charge in [0.05, 0.1) is 6.54 Å². The Hall–Kier alpha value is -0.220. The standard InChI is InChI=1S/C9H15F2NO/c10-9(11)3-4-12(6-9)5-8(7-13)1-2-8/h13H,1-7H2. The van der Waals surface area contributed by atoms with Crippen molar-refractivity contribution in [2.75, 3.05) is 26.2 Å². The zero-order chi connectivity index (χ0) is 9.53. The lowest BCUT2D eigenvalue weighted by atomic mass is 10.1. The van der Waals surface area contributed by atoms with Gasteiger partial charge in [-0.05, 0) is 12.8 Å². The number of rotatable bonds is 3. The molecule has 1 N–H and O–H groups in total. The van der Waals surface area contributed by atoms with E-state index >= 15 is 0 Å². The summed E-state index contributed by atoms with van der Waals surface area (Å²) in [7, 11) is 0. The van der Waals surface area contributed by atoms with E-state index in [1.165, 1.54) is 0 Å². The third kappa shape index (κ3) is 1.99. The van der Waals surface area contributed by atoms with Gasteiger partial charge < -0.3 is 5.11 Å². The molecule has 2 fully saturated rings. The fraction of sp³-hybridized carbons (Fsp3) is 1.00. The number of alkyl halides is 2. The van der Waals surface area contributed by atoms with Gasteiger partial charge in [-0.3, -0.25) is 4.90 Å². The van der Waals surface area contributed by atoms with Gasteiger partial charge in [0.25, 0.3) is 5.92 Å². The van der Waals surface area contributed by atoms with Gasteiger partial charge in [0.2, 0.25) is 0 Å². The molecule has 0 aromatic carbocycles. The van der Waals surface area contributed by atoms with Gasteiger partial charge in [-0.2, -0.15) is 0 Å². The van der Waals surface area contributed by atoms with Crippen molar-refractivity contribution in [3.05, 3.63) is 0 Å². The van der Waals surface area contributed by atoms with E-state index < -0.39 is 5.92 Å². The molecule has 0 aromatic heterocycles. The summed E-state index contributed by atoms with van der Waals surface area (Å²) in [6.45, 7) is 1.16. The predicted molar refractivity (Wildman–Crippen MR) is 44.8 cm³/mol. The van der Waals surface area contributed by atoms with E-state index in [1.54, 1.807) is 4.90 Å². The van der Waals surface area contributed by atoms with E-state index in [-0.39, 0.29) is 25.0 Å². The van der Waals surface area contributed by atoms with Crippen LogP contribution in [-0.2, 0) is 0 Å². The van der Waals surface area contributed by atoms with E-state index in [2.05, 4.69) is 0 Å². The molecular weight excluding hydrogens is 176 g/mol. The van der Waals surface area contributed by atoms with Crippen LogP contribution in [0.2, 0.25) is 0 Å². The Morgan fingerprint density at radius 3 is 2.31 bits per heavy atom. The van der Waals surface area contributed by atoms with Gasteiger partial charge in [-0.1, -0.05) is 0 Å². The van der Waals surface area contributed by atoms with E-state index in [0.29, 0.717) is 13.1 Å². The largest absolute Gasteiger partial charge is 0.396 e. The number of hydrogen-bond acceptors (Lipinski definition) is 2. The first-order valence-corrected chi connectivity index (χ1v) is 4.76. The maximum Gasteiger partial charge on any atom is 0.261 e. The van der Waals surface area contributed by atoms with E-state index in [9.17, 15) is 8.78 Å². The summed E-state index contributed by atoms with van der Waals surface area (Å²) in [6.07, 6.45) is 1.96. The molecule has 1 saturated heterocycles. The highest BCUT2D eigenvalue weighted by Crippen LogP contribution is 2.46. The normalized spacial score (nSPS) is 30.7. The van der Waals surface area contributed by atoms with Gasteiger partial charge in [0.1, 0.15) is 0 Å². The lowest BCUT2D eigenvalue weighted by Gasteiger charge is -2.21. The van der Waals surface area contributed by atoms with Crippen LogP contribution < -0.4 is 0 Å². The average molecular weight is 191 g/mol. The third-order valence-corrected chi connectivity index (χ3v) is 3.10. The van der Waals surface area contributed by atoms with Crippen molar-refractivity contribution in [3.8, 4) is 0 Å². The maximum absolute atomic E-state index is 12.8. The van der Waals surface area contributed by atoms with Crippen molar-refractivity contribution in [3.63, 3.8) is 0 Å². The summed E-state index contributed by atoms with van der Waals surface area (Å²) in [5.41, 5.74) is -0.0274. The Morgan fingerprint density at radius 2 is 1.92 bits per heavy atom. The van der Waals surface area contributed by atoms with Crippen LogP contribution in [0.1, 0.15) is 19.3 Å². The second-order valence-corrected chi connectivity index (χ2v) is 4.47. The first-order valence-electron chi connectivity index (χ1n) is 4.76. The molecule has 1 saturated carbocycles. The number of likely N-dealkylation sites (tertiary alicyclic amines) is 1. The topological polar surface area (TPSA) is 23.5 Å². The summed E-state index contributed by atoms with van der Waals surface area (Å²) >= 11 is 0.